The van der Waals surface area contributed by atoms with Crippen LogP contribution in [0.4, 0.5) is 4.79 Å². The van der Waals surface area contributed by atoms with E-state index >= 15 is 0 Å². The van der Waals surface area contributed by atoms with Crippen molar-refractivity contribution in [3.05, 3.63) is 53.5 Å². The second kappa shape index (κ2) is 6.64. The van der Waals surface area contributed by atoms with Gasteiger partial charge in [-0.25, -0.2) is 4.79 Å². The van der Waals surface area contributed by atoms with E-state index in [4.69, 9.17) is 13.9 Å². The molecule has 2 aromatic rings. The van der Waals surface area contributed by atoms with Gasteiger partial charge in [0.2, 0.25) is 0 Å². The number of amides is 2. The molecule has 1 unspecified atom stereocenters. The van der Waals surface area contributed by atoms with Crippen LogP contribution in [-0.2, 0) is 11.3 Å². The van der Waals surface area contributed by atoms with Crippen molar-refractivity contribution in [2.24, 2.45) is 0 Å². The van der Waals surface area contributed by atoms with Crippen molar-refractivity contribution in [3.63, 3.8) is 0 Å². The molecular formula is C20H22N2O5. The molecule has 2 fully saturated rings. The minimum absolute atomic E-state index is 0.180. The van der Waals surface area contributed by atoms with E-state index < -0.39 is 5.60 Å². The third-order valence-electron chi connectivity index (χ3n) is 5.03. The van der Waals surface area contributed by atoms with E-state index in [0.717, 1.165) is 11.3 Å². The standard InChI is InChI=1S/C20H22N2O5/c1-14-10-16(11-25-15-6-4-3-5-7-15)26-17(14)18(23)22-9-8-20(13-22)12-21(2)19(24)27-20/h3-7,10H,8-9,11-13H2,1-2H3. The molecule has 1 aromatic heterocycles. The first-order valence-electron chi connectivity index (χ1n) is 8.96. The lowest BCUT2D eigenvalue weighted by Crippen LogP contribution is -2.39. The van der Waals surface area contributed by atoms with Gasteiger partial charge in [-0.2, -0.15) is 0 Å². The summed E-state index contributed by atoms with van der Waals surface area (Å²) in [6.45, 7) is 3.53. The summed E-state index contributed by atoms with van der Waals surface area (Å²) in [7, 11) is 1.71. The summed E-state index contributed by atoms with van der Waals surface area (Å²) in [6, 6.07) is 11.3. The van der Waals surface area contributed by atoms with E-state index in [1.54, 1.807) is 16.8 Å². The Morgan fingerprint density at radius 3 is 2.74 bits per heavy atom. The largest absolute Gasteiger partial charge is 0.486 e. The van der Waals surface area contributed by atoms with Gasteiger partial charge in [0.1, 0.15) is 18.1 Å². The first-order valence-corrected chi connectivity index (χ1v) is 8.96. The first kappa shape index (κ1) is 17.5. The Hall–Kier alpha value is -2.96. The molecule has 27 heavy (non-hydrogen) atoms. The number of carbonyl (C=O) groups excluding carboxylic acids is 2. The van der Waals surface area contributed by atoms with Crippen LogP contribution in [-0.4, -0.2) is 54.1 Å². The van der Waals surface area contributed by atoms with Gasteiger partial charge >= 0.3 is 6.09 Å². The quantitative estimate of drug-likeness (QED) is 0.828. The summed E-state index contributed by atoms with van der Waals surface area (Å²) in [6.07, 6.45) is 0.303. The molecule has 7 nitrogen and oxygen atoms in total. The van der Waals surface area contributed by atoms with Gasteiger partial charge in [-0.3, -0.25) is 4.79 Å². The van der Waals surface area contributed by atoms with Crippen molar-refractivity contribution in [2.75, 3.05) is 26.7 Å². The maximum atomic E-state index is 12.9. The molecular weight excluding hydrogens is 348 g/mol. The highest BCUT2D eigenvalue weighted by Gasteiger charge is 2.50. The van der Waals surface area contributed by atoms with E-state index in [-0.39, 0.29) is 18.6 Å². The zero-order valence-corrected chi connectivity index (χ0v) is 15.4. The molecule has 1 spiro atoms. The molecule has 2 saturated heterocycles. The van der Waals surface area contributed by atoms with Crippen LogP contribution in [0, 0.1) is 6.92 Å². The molecule has 2 aliphatic heterocycles. The van der Waals surface area contributed by atoms with Crippen LogP contribution < -0.4 is 4.74 Å². The lowest BCUT2D eigenvalue weighted by molar-refractivity contribution is 0.0537. The topological polar surface area (TPSA) is 72.2 Å². The number of likely N-dealkylation sites (N-methyl/N-ethyl adjacent to an activating group) is 1. The number of benzene rings is 1. The number of likely N-dealkylation sites (tertiary alicyclic amines) is 1. The molecule has 0 bridgehead atoms. The number of nitrogens with zero attached hydrogens (tertiary/aromatic N) is 2. The summed E-state index contributed by atoms with van der Waals surface area (Å²) in [5.74, 6) is 1.48. The molecule has 142 valence electrons. The van der Waals surface area contributed by atoms with E-state index in [0.29, 0.717) is 37.6 Å². The Morgan fingerprint density at radius 1 is 1.26 bits per heavy atom. The molecule has 7 heteroatoms. The Morgan fingerprint density at radius 2 is 2.04 bits per heavy atom. The van der Waals surface area contributed by atoms with Crippen molar-refractivity contribution in [3.8, 4) is 5.75 Å². The lowest BCUT2D eigenvalue weighted by atomic mass is 10.0. The number of ether oxygens (including phenoxy) is 2. The number of carbonyl (C=O) groups is 2. The van der Waals surface area contributed by atoms with Gasteiger partial charge < -0.3 is 23.7 Å². The Bertz CT molecular complexity index is 863. The zero-order chi connectivity index (χ0) is 19.0. The highest BCUT2D eigenvalue weighted by atomic mass is 16.6. The smallest absolute Gasteiger partial charge is 0.410 e. The number of rotatable bonds is 4. The fourth-order valence-electron chi connectivity index (χ4n) is 3.67. The van der Waals surface area contributed by atoms with Gasteiger partial charge in [0, 0.05) is 25.6 Å². The SMILES string of the molecule is Cc1cc(COc2ccccc2)oc1C(=O)N1CCC2(CN(C)C(=O)O2)C1. The van der Waals surface area contributed by atoms with Crippen LogP contribution in [0.25, 0.3) is 0 Å². The predicted octanol–water partition coefficient (Wildman–Crippen LogP) is 2.83. The molecule has 2 amide bonds. The van der Waals surface area contributed by atoms with Crippen LogP contribution in [0.2, 0.25) is 0 Å². The van der Waals surface area contributed by atoms with Crippen LogP contribution in [0.15, 0.2) is 40.8 Å². The molecule has 0 saturated carbocycles. The summed E-state index contributed by atoms with van der Waals surface area (Å²) in [5.41, 5.74) is 0.175. The highest BCUT2D eigenvalue weighted by molar-refractivity contribution is 5.93. The van der Waals surface area contributed by atoms with Gasteiger partial charge in [0.05, 0.1) is 13.1 Å². The predicted molar refractivity (Wildman–Crippen MR) is 96.6 cm³/mol. The van der Waals surface area contributed by atoms with Crippen LogP contribution >= 0.6 is 0 Å². The maximum absolute atomic E-state index is 12.9. The van der Waals surface area contributed by atoms with Crippen molar-refractivity contribution >= 4 is 12.0 Å². The fraction of sp³-hybridized carbons (Fsp3) is 0.400. The summed E-state index contributed by atoms with van der Waals surface area (Å²) < 4.78 is 17.0. The number of furan rings is 1. The average molecular weight is 370 g/mol. The Labute approximate surface area is 157 Å². The molecule has 1 aromatic carbocycles. The van der Waals surface area contributed by atoms with Gasteiger partial charge in [0.25, 0.3) is 5.91 Å². The Balaban J connectivity index is 1.42. The first-order chi connectivity index (χ1) is 13.0. The molecule has 3 heterocycles. The van der Waals surface area contributed by atoms with Gasteiger partial charge in [-0.15, -0.1) is 0 Å². The van der Waals surface area contributed by atoms with Crippen molar-refractivity contribution in [1.82, 2.24) is 9.80 Å². The molecule has 0 aliphatic carbocycles. The fourth-order valence-corrected chi connectivity index (χ4v) is 3.67. The number of hydrogen-bond acceptors (Lipinski definition) is 5. The number of hydrogen-bond donors (Lipinski definition) is 0. The minimum Gasteiger partial charge on any atom is -0.486 e. The van der Waals surface area contributed by atoms with E-state index in [2.05, 4.69) is 0 Å². The molecule has 0 radical (unpaired) electrons. The highest BCUT2D eigenvalue weighted by Crippen LogP contribution is 2.33. The molecule has 2 aliphatic rings. The van der Waals surface area contributed by atoms with E-state index in [1.165, 1.54) is 0 Å². The number of aryl methyl sites for hydroxylation is 1. The Kier molecular flexibility index (Phi) is 4.30. The van der Waals surface area contributed by atoms with Crippen molar-refractivity contribution in [2.45, 2.75) is 25.6 Å². The van der Waals surface area contributed by atoms with Gasteiger partial charge in [-0.1, -0.05) is 18.2 Å². The number of para-hydroxylation sites is 1. The van der Waals surface area contributed by atoms with Crippen molar-refractivity contribution in [1.29, 1.82) is 0 Å². The monoisotopic (exact) mass is 370 g/mol. The van der Waals surface area contributed by atoms with Crippen LogP contribution in [0.3, 0.4) is 0 Å². The molecule has 4 rings (SSSR count). The average Bonchev–Trinajstić information content (AvgIpc) is 3.31. The zero-order valence-electron chi connectivity index (χ0n) is 15.4. The molecule has 1 atom stereocenters. The van der Waals surface area contributed by atoms with E-state index in [9.17, 15) is 9.59 Å². The second-order valence-electron chi connectivity index (χ2n) is 7.21. The van der Waals surface area contributed by atoms with Crippen LogP contribution in [0.5, 0.6) is 5.75 Å². The third kappa shape index (κ3) is 3.37. The normalized spacial score (nSPS) is 21.8. The van der Waals surface area contributed by atoms with Gasteiger partial charge in [0.15, 0.2) is 11.4 Å². The third-order valence-corrected chi connectivity index (χ3v) is 5.03. The molecule has 0 N–H and O–H groups in total. The summed E-state index contributed by atoms with van der Waals surface area (Å²) >= 11 is 0. The van der Waals surface area contributed by atoms with E-state index in [1.807, 2.05) is 43.3 Å². The summed E-state index contributed by atoms with van der Waals surface area (Å²) in [5, 5.41) is 0. The minimum atomic E-state index is -0.596. The second-order valence-corrected chi connectivity index (χ2v) is 7.21. The van der Waals surface area contributed by atoms with Crippen molar-refractivity contribution < 1.29 is 23.5 Å². The van der Waals surface area contributed by atoms with Crippen LogP contribution in [0.1, 0.15) is 28.3 Å². The maximum Gasteiger partial charge on any atom is 0.410 e. The lowest BCUT2D eigenvalue weighted by Gasteiger charge is -2.21. The van der Waals surface area contributed by atoms with Gasteiger partial charge in [-0.05, 0) is 25.1 Å². The summed E-state index contributed by atoms with van der Waals surface area (Å²) in [4.78, 5) is 27.8.